The van der Waals surface area contributed by atoms with Gasteiger partial charge in [0.15, 0.2) is 0 Å². The van der Waals surface area contributed by atoms with Crippen LogP contribution in [-0.4, -0.2) is 14.1 Å². The first-order valence-corrected chi connectivity index (χ1v) is 7.35. The number of nitrogens with one attached hydrogen (secondary N) is 1. The highest BCUT2D eigenvalue weighted by molar-refractivity contribution is 6.04. The Balaban J connectivity index is 2.19. The van der Waals surface area contributed by atoms with Gasteiger partial charge in [0.25, 0.3) is 5.56 Å². The van der Waals surface area contributed by atoms with Gasteiger partial charge >= 0.3 is 5.69 Å². The number of H-pyrrole nitrogens is 1. The van der Waals surface area contributed by atoms with E-state index in [9.17, 15) is 9.59 Å². The molecule has 0 spiro atoms. The number of hydrogen-bond donors (Lipinski definition) is 1. The lowest BCUT2D eigenvalue weighted by Crippen LogP contribution is -2.36. The van der Waals surface area contributed by atoms with Gasteiger partial charge in [0, 0.05) is 25.9 Å². The zero-order chi connectivity index (χ0) is 16.1. The van der Waals surface area contributed by atoms with Crippen LogP contribution >= 0.6 is 0 Å². The van der Waals surface area contributed by atoms with Crippen molar-refractivity contribution in [3.63, 3.8) is 0 Å². The van der Waals surface area contributed by atoms with Crippen LogP contribution in [0.2, 0.25) is 0 Å². The molecule has 0 radical (unpaired) electrons. The van der Waals surface area contributed by atoms with Crippen LogP contribution in [0, 0.1) is 0 Å². The summed E-state index contributed by atoms with van der Waals surface area (Å²) in [6, 6.07) is 14.1. The summed E-state index contributed by atoms with van der Waals surface area (Å²) in [5.74, 6) is 0. The molecular formula is C18H15N3O2. The maximum absolute atomic E-state index is 12.6. The minimum absolute atomic E-state index is 0.285. The van der Waals surface area contributed by atoms with Crippen molar-refractivity contribution in [2.24, 2.45) is 14.1 Å². The van der Waals surface area contributed by atoms with Gasteiger partial charge in [-0.2, -0.15) is 0 Å². The van der Waals surface area contributed by atoms with Gasteiger partial charge < -0.3 is 4.98 Å². The Morgan fingerprint density at radius 3 is 2.43 bits per heavy atom. The van der Waals surface area contributed by atoms with Gasteiger partial charge in [0.1, 0.15) is 5.65 Å². The van der Waals surface area contributed by atoms with Crippen LogP contribution in [0.3, 0.4) is 0 Å². The van der Waals surface area contributed by atoms with E-state index in [0.717, 1.165) is 26.5 Å². The van der Waals surface area contributed by atoms with E-state index < -0.39 is 0 Å². The molecule has 0 amide bonds. The Labute approximate surface area is 131 Å². The van der Waals surface area contributed by atoms with Crippen LogP contribution in [0.15, 0.2) is 58.3 Å². The van der Waals surface area contributed by atoms with Crippen molar-refractivity contribution in [3.05, 3.63) is 69.5 Å². The molecule has 0 aliphatic rings. The largest absolute Gasteiger partial charge is 0.347 e. The second-order valence-corrected chi connectivity index (χ2v) is 5.66. The summed E-state index contributed by atoms with van der Waals surface area (Å²) in [6.45, 7) is 0. The number of fused-ring (bicyclic) bond motifs is 2. The number of hydrogen-bond acceptors (Lipinski definition) is 2. The lowest BCUT2D eigenvalue weighted by atomic mass is 9.99. The van der Waals surface area contributed by atoms with Crippen molar-refractivity contribution in [1.29, 1.82) is 0 Å². The normalized spacial score (nSPS) is 11.4. The molecule has 0 saturated heterocycles. The monoisotopic (exact) mass is 305 g/mol. The van der Waals surface area contributed by atoms with Gasteiger partial charge in [-0.25, -0.2) is 4.79 Å². The molecule has 4 rings (SSSR count). The van der Waals surface area contributed by atoms with Crippen molar-refractivity contribution in [1.82, 2.24) is 14.1 Å². The lowest BCUT2D eigenvalue weighted by Gasteiger charge is -2.07. The average molecular weight is 305 g/mol. The summed E-state index contributed by atoms with van der Waals surface area (Å²) in [6.07, 6.45) is 1.80. The van der Waals surface area contributed by atoms with Crippen LogP contribution in [0.25, 0.3) is 32.9 Å². The minimum Gasteiger partial charge on any atom is -0.347 e. The maximum atomic E-state index is 12.6. The number of aromatic nitrogens is 3. The molecule has 5 heteroatoms. The standard InChI is InChI=1S/C18H15N3O2/c1-20-16-15(17(22)21(2)18(20)23)14(10-19-16)13-9-5-7-11-6-3-4-8-12(11)13/h3-10,19H,1-2H3. The Hall–Kier alpha value is -3.08. The zero-order valence-electron chi connectivity index (χ0n) is 12.8. The number of nitrogens with zero attached hydrogens (tertiary/aromatic N) is 2. The number of aromatic amines is 1. The van der Waals surface area contributed by atoms with Gasteiger partial charge in [0.2, 0.25) is 0 Å². The van der Waals surface area contributed by atoms with Gasteiger partial charge in [-0.15, -0.1) is 0 Å². The van der Waals surface area contributed by atoms with Crippen molar-refractivity contribution >= 4 is 21.8 Å². The predicted octanol–water partition coefficient (Wildman–Crippen LogP) is 2.39. The third-order valence-electron chi connectivity index (χ3n) is 4.37. The van der Waals surface area contributed by atoms with E-state index in [4.69, 9.17) is 0 Å². The molecule has 23 heavy (non-hydrogen) atoms. The molecule has 2 aromatic carbocycles. The van der Waals surface area contributed by atoms with E-state index >= 15 is 0 Å². The van der Waals surface area contributed by atoms with E-state index in [1.165, 1.54) is 11.6 Å². The highest BCUT2D eigenvalue weighted by Crippen LogP contribution is 2.31. The van der Waals surface area contributed by atoms with E-state index in [1.54, 1.807) is 13.2 Å². The molecular weight excluding hydrogens is 290 g/mol. The first kappa shape index (κ1) is 13.6. The zero-order valence-corrected chi connectivity index (χ0v) is 12.8. The average Bonchev–Trinajstić information content (AvgIpc) is 3.02. The topological polar surface area (TPSA) is 59.8 Å². The quantitative estimate of drug-likeness (QED) is 0.587. The SMILES string of the molecule is Cn1c(=O)c2c(-c3cccc4ccccc34)c[nH]c2n(C)c1=O. The lowest BCUT2D eigenvalue weighted by molar-refractivity contribution is 0.710. The molecule has 4 aromatic rings. The van der Waals surface area contributed by atoms with Crippen LogP contribution in [0.4, 0.5) is 0 Å². The molecule has 5 nitrogen and oxygen atoms in total. The molecule has 1 N–H and O–H groups in total. The maximum Gasteiger partial charge on any atom is 0.332 e. The Morgan fingerprint density at radius 1 is 0.870 bits per heavy atom. The molecule has 0 unspecified atom stereocenters. The summed E-state index contributed by atoms with van der Waals surface area (Å²) in [5.41, 5.74) is 1.71. The van der Waals surface area contributed by atoms with Gasteiger partial charge in [-0.1, -0.05) is 42.5 Å². The fraction of sp³-hybridized carbons (Fsp3) is 0.111. The van der Waals surface area contributed by atoms with E-state index in [1.807, 2.05) is 42.5 Å². The molecule has 0 aliphatic heterocycles. The van der Waals surface area contributed by atoms with E-state index in [-0.39, 0.29) is 11.2 Å². The smallest absolute Gasteiger partial charge is 0.332 e. The molecule has 0 aliphatic carbocycles. The highest BCUT2D eigenvalue weighted by atomic mass is 16.2. The molecule has 114 valence electrons. The molecule has 0 saturated carbocycles. The Kier molecular flexibility index (Phi) is 2.78. The summed E-state index contributed by atoms with van der Waals surface area (Å²) in [4.78, 5) is 27.8. The molecule has 2 heterocycles. The molecule has 0 atom stereocenters. The van der Waals surface area contributed by atoms with Crippen molar-refractivity contribution in [2.75, 3.05) is 0 Å². The first-order chi connectivity index (χ1) is 11.1. The summed E-state index contributed by atoms with van der Waals surface area (Å²) in [5, 5.41) is 2.72. The van der Waals surface area contributed by atoms with Crippen molar-refractivity contribution in [2.45, 2.75) is 0 Å². The molecule has 0 fully saturated rings. The van der Waals surface area contributed by atoms with E-state index in [2.05, 4.69) is 4.98 Å². The summed E-state index contributed by atoms with van der Waals surface area (Å²) in [7, 11) is 3.16. The third kappa shape index (κ3) is 1.80. The van der Waals surface area contributed by atoms with E-state index in [0.29, 0.717) is 11.0 Å². The van der Waals surface area contributed by atoms with Crippen LogP contribution in [0.5, 0.6) is 0 Å². The molecule has 0 bridgehead atoms. The fourth-order valence-corrected chi connectivity index (χ4v) is 3.14. The third-order valence-corrected chi connectivity index (χ3v) is 4.37. The first-order valence-electron chi connectivity index (χ1n) is 7.35. The Bertz CT molecular complexity index is 1170. The van der Waals surface area contributed by atoms with Gasteiger partial charge in [-0.05, 0) is 16.3 Å². The van der Waals surface area contributed by atoms with Crippen LogP contribution in [-0.2, 0) is 14.1 Å². The Morgan fingerprint density at radius 2 is 1.61 bits per heavy atom. The predicted molar refractivity (Wildman–Crippen MR) is 91.7 cm³/mol. The number of rotatable bonds is 1. The second-order valence-electron chi connectivity index (χ2n) is 5.66. The van der Waals surface area contributed by atoms with Gasteiger partial charge in [0.05, 0.1) is 5.39 Å². The minimum atomic E-state index is -0.339. The highest BCUT2D eigenvalue weighted by Gasteiger charge is 2.16. The van der Waals surface area contributed by atoms with Crippen molar-refractivity contribution < 1.29 is 0 Å². The van der Waals surface area contributed by atoms with Crippen molar-refractivity contribution in [3.8, 4) is 11.1 Å². The number of benzene rings is 2. The number of aryl methyl sites for hydroxylation is 1. The summed E-state index contributed by atoms with van der Waals surface area (Å²) < 4.78 is 2.61. The second kappa shape index (κ2) is 4.71. The fourth-order valence-electron chi connectivity index (χ4n) is 3.14. The molecule has 2 aromatic heterocycles. The summed E-state index contributed by atoms with van der Waals surface area (Å²) >= 11 is 0. The van der Waals surface area contributed by atoms with Crippen LogP contribution < -0.4 is 11.2 Å². The van der Waals surface area contributed by atoms with Crippen LogP contribution in [0.1, 0.15) is 0 Å². The van der Waals surface area contributed by atoms with Gasteiger partial charge in [-0.3, -0.25) is 13.9 Å².